The fourth-order valence-electron chi connectivity index (χ4n) is 4.33. The van der Waals surface area contributed by atoms with Crippen LogP contribution in [0.25, 0.3) is 11.3 Å². The van der Waals surface area contributed by atoms with Gasteiger partial charge in [0.1, 0.15) is 0 Å². The van der Waals surface area contributed by atoms with Crippen LogP contribution in [0.3, 0.4) is 0 Å². The van der Waals surface area contributed by atoms with Gasteiger partial charge in [-0.3, -0.25) is 9.48 Å². The Kier molecular flexibility index (Phi) is 6.36. The smallest absolute Gasteiger partial charge is 0.284 e. The number of anilines is 2. The van der Waals surface area contributed by atoms with E-state index >= 15 is 0 Å². The van der Waals surface area contributed by atoms with Gasteiger partial charge in [0.2, 0.25) is 17.6 Å². The SMILES string of the molecule is Cn1cc(Nc2nccc(-c3ccc4c(c3)CNCC[C@H]4CC(=O)c3nnc(C(C)(C)C)o3)n2)cn1. The molecule has 0 radical (unpaired) electrons. The number of hydrogen-bond donors (Lipinski definition) is 2. The van der Waals surface area contributed by atoms with Crippen molar-refractivity contribution in [2.24, 2.45) is 7.05 Å². The normalized spacial score (nSPS) is 15.8. The molecule has 0 fully saturated rings. The molecule has 10 nitrogen and oxygen atoms in total. The number of ketones is 1. The number of nitrogens with zero attached hydrogens (tertiary/aromatic N) is 6. The van der Waals surface area contributed by atoms with Crippen LogP contribution in [0.4, 0.5) is 11.6 Å². The monoisotopic (exact) mass is 486 g/mol. The molecule has 186 valence electrons. The van der Waals surface area contributed by atoms with E-state index in [2.05, 4.69) is 54.1 Å². The van der Waals surface area contributed by atoms with Crippen molar-refractivity contribution in [3.63, 3.8) is 0 Å². The summed E-state index contributed by atoms with van der Waals surface area (Å²) in [6.45, 7) is 7.50. The maximum Gasteiger partial charge on any atom is 0.284 e. The summed E-state index contributed by atoms with van der Waals surface area (Å²) in [7, 11) is 1.86. The topological polar surface area (TPSA) is 124 Å². The first-order valence-corrected chi connectivity index (χ1v) is 12.1. The molecule has 0 amide bonds. The predicted octanol–water partition coefficient (Wildman–Crippen LogP) is 4.15. The molecule has 1 aliphatic heterocycles. The molecule has 4 heterocycles. The van der Waals surface area contributed by atoms with Crippen molar-refractivity contribution in [1.29, 1.82) is 0 Å². The van der Waals surface area contributed by atoms with E-state index in [1.807, 2.05) is 40.1 Å². The number of aryl methyl sites for hydroxylation is 1. The van der Waals surface area contributed by atoms with Gasteiger partial charge in [0.25, 0.3) is 5.89 Å². The van der Waals surface area contributed by atoms with Gasteiger partial charge in [-0.2, -0.15) is 5.10 Å². The van der Waals surface area contributed by atoms with Crippen LogP contribution in [-0.2, 0) is 19.0 Å². The van der Waals surface area contributed by atoms with Crippen LogP contribution >= 0.6 is 0 Å². The fourth-order valence-corrected chi connectivity index (χ4v) is 4.33. The van der Waals surface area contributed by atoms with E-state index in [9.17, 15) is 4.79 Å². The maximum atomic E-state index is 13.0. The van der Waals surface area contributed by atoms with E-state index in [0.29, 0.717) is 18.3 Å². The lowest BCUT2D eigenvalue weighted by molar-refractivity contribution is 0.0935. The Bertz CT molecular complexity index is 1380. The van der Waals surface area contributed by atoms with Crippen molar-refractivity contribution in [2.75, 3.05) is 11.9 Å². The summed E-state index contributed by atoms with van der Waals surface area (Å²) in [6, 6.07) is 8.21. The van der Waals surface area contributed by atoms with E-state index in [-0.39, 0.29) is 23.0 Å². The van der Waals surface area contributed by atoms with Gasteiger partial charge in [-0.05, 0) is 42.1 Å². The summed E-state index contributed by atoms with van der Waals surface area (Å²) in [5.41, 5.74) is 4.65. The average Bonchev–Trinajstić information content (AvgIpc) is 3.46. The highest BCUT2D eigenvalue weighted by Gasteiger charge is 2.27. The molecule has 0 saturated heterocycles. The van der Waals surface area contributed by atoms with E-state index in [1.165, 1.54) is 0 Å². The average molecular weight is 487 g/mol. The summed E-state index contributed by atoms with van der Waals surface area (Å²) in [5.74, 6) is 1.01. The van der Waals surface area contributed by atoms with Crippen LogP contribution in [0.5, 0.6) is 0 Å². The molecule has 5 rings (SSSR count). The minimum atomic E-state index is -0.296. The number of aromatic nitrogens is 6. The van der Waals surface area contributed by atoms with Gasteiger partial charge < -0.3 is 15.1 Å². The zero-order chi connectivity index (χ0) is 25.3. The van der Waals surface area contributed by atoms with Crippen molar-refractivity contribution in [1.82, 2.24) is 35.3 Å². The van der Waals surface area contributed by atoms with E-state index in [1.54, 1.807) is 17.1 Å². The third-order valence-electron chi connectivity index (χ3n) is 6.22. The lowest BCUT2D eigenvalue weighted by Crippen LogP contribution is -2.13. The summed E-state index contributed by atoms with van der Waals surface area (Å²) in [5, 5.41) is 18.9. The Hall–Kier alpha value is -3.92. The van der Waals surface area contributed by atoms with Gasteiger partial charge in [-0.1, -0.05) is 32.9 Å². The van der Waals surface area contributed by atoms with Gasteiger partial charge >= 0.3 is 0 Å². The standard InChI is InChI=1S/C26H30N8O2/c1-26(2,3)24-33-32-23(36-24)22(35)12-16-7-9-27-13-18-11-17(5-6-20(16)18)21-8-10-28-25(31-21)30-19-14-29-34(4)15-19/h5-6,8,10-11,14-16,27H,7,9,12-13H2,1-4H3,(H,28,30,31)/t16-/m0/s1. The molecule has 1 atom stereocenters. The lowest BCUT2D eigenvalue weighted by atomic mass is 9.87. The molecule has 3 aromatic heterocycles. The summed E-state index contributed by atoms with van der Waals surface area (Å²) < 4.78 is 7.41. The molecule has 10 heteroatoms. The molecule has 0 saturated carbocycles. The number of benzene rings is 1. The number of fused-ring (bicyclic) bond motifs is 1. The fraction of sp³-hybridized carbons (Fsp3) is 0.385. The molecule has 1 aliphatic rings. The summed E-state index contributed by atoms with van der Waals surface area (Å²) in [4.78, 5) is 22.0. The van der Waals surface area contributed by atoms with Crippen molar-refractivity contribution in [2.45, 2.75) is 51.5 Å². The van der Waals surface area contributed by atoms with Crippen molar-refractivity contribution >= 4 is 17.4 Å². The predicted molar refractivity (Wildman–Crippen MR) is 135 cm³/mol. The van der Waals surface area contributed by atoms with Crippen molar-refractivity contribution in [3.8, 4) is 11.3 Å². The highest BCUT2D eigenvalue weighted by molar-refractivity contribution is 5.92. The van der Waals surface area contributed by atoms with Gasteiger partial charge in [0.15, 0.2) is 0 Å². The highest BCUT2D eigenvalue weighted by Crippen LogP contribution is 2.33. The molecule has 0 spiro atoms. The molecular formula is C26H30N8O2. The lowest BCUT2D eigenvalue weighted by Gasteiger charge is -2.17. The van der Waals surface area contributed by atoms with Crippen molar-refractivity contribution < 1.29 is 9.21 Å². The molecule has 0 unspecified atom stereocenters. The second-order valence-electron chi connectivity index (χ2n) is 10.2. The van der Waals surface area contributed by atoms with E-state index in [4.69, 9.17) is 4.42 Å². The zero-order valence-corrected chi connectivity index (χ0v) is 20.9. The first-order chi connectivity index (χ1) is 17.3. The minimum Gasteiger partial charge on any atom is -0.418 e. The largest absolute Gasteiger partial charge is 0.418 e. The Labute approximate surface area is 209 Å². The minimum absolute atomic E-state index is 0.0646. The number of rotatable bonds is 6. The Morgan fingerprint density at radius 2 is 2.11 bits per heavy atom. The molecule has 1 aromatic carbocycles. The van der Waals surface area contributed by atoms with Gasteiger partial charge in [0.05, 0.1) is 17.6 Å². The van der Waals surface area contributed by atoms with Crippen LogP contribution in [-0.4, -0.2) is 42.3 Å². The zero-order valence-electron chi connectivity index (χ0n) is 20.9. The first-order valence-electron chi connectivity index (χ1n) is 12.1. The second kappa shape index (κ2) is 9.62. The van der Waals surface area contributed by atoms with Gasteiger partial charge in [-0.25, -0.2) is 9.97 Å². The molecule has 0 bridgehead atoms. The van der Waals surface area contributed by atoms with E-state index < -0.39 is 0 Å². The quantitative estimate of drug-likeness (QED) is 0.387. The van der Waals surface area contributed by atoms with Gasteiger partial charge in [-0.15, -0.1) is 10.2 Å². The maximum absolute atomic E-state index is 13.0. The second-order valence-corrected chi connectivity index (χ2v) is 10.2. The number of hydrogen-bond acceptors (Lipinski definition) is 9. The highest BCUT2D eigenvalue weighted by atomic mass is 16.4. The third kappa shape index (κ3) is 5.18. The number of Topliss-reactive ketones (excluding diaryl/α,β-unsaturated/α-hetero) is 1. The number of carbonyl (C=O) groups excluding carboxylic acids is 1. The van der Waals surface area contributed by atoms with Crippen LogP contribution in [0.15, 0.2) is 47.3 Å². The molecular weight excluding hydrogens is 456 g/mol. The Morgan fingerprint density at radius 3 is 2.86 bits per heavy atom. The van der Waals surface area contributed by atoms with Crippen molar-refractivity contribution in [3.05, 3.63) is 65.8 Å². The molecule has 4 aromatic rings. The molecule has 36 heavy (non-hydrogen) atoms. The summed E-state index contributed by atoms with van der Waals surface area (Å²) >= 11 is 0. The van der Waals surface area contributed by atoms with Crippen LogP contribution in [0, 0.1) is 0 Å². The Balaban J connectivity index is 1.36. The van der Waals surface area contributed by atoms with Gasteiger partial charge in [0, 0.05) is 43.4 Å². The molecule has 2 N–H and O–H groups in total. The number of carbonyl (C=O) groups is 1. The summed E-state index contributed by atoms with van der Waals surface area (Å²) in [6.07, 6.45) is 6.51. The number of nitrogens with one attached hydrogen (secondary N) is 2. The first kappa shape index (κ1) is 23.8. The van der Waals surface area contributed by atoms with Crippen LogP contribution in [0.1, 0.15) is 67.2 Å². The van der Waals surface area contributed by atoms with E-state index in [0.717, 1.165) is 47.6 Å². The Morgan fingerprint density at radius 1 is 1.25 bits per heavy atom. The third-order valence-corrected chi connectivity index (χ3v) is 6.22. The van der Waals surface area contributed by atoms with Crippen LogP contribution in [0.2, 0.25) is 0 Å². The molecule has 0 aliphatic carbocycles. The van der Waals surface area contributed by atoms with Crippen LogP contribution < -0.4 is 10.6 Å².